The van der Waals surface area contributed by atoms with Gasteiger partial charge in [0, 0.05) is 4.47 Å². The van der Waals surface area contributed by atoms with Gasteiger partial charge < -0.3 is 5.32 Å². The van der Waals surface area contributed by atoms with Crippen molar-refractivity contribution < 1.29 is 4.39 Å². The fourth-order valence-corrected chi connectivity index (χ4v) is 3.42. The molecular formula is C14H16BrFN4. The van der Waals surface area contributed by atoms with Crippen molar-refractivity contribution in [3.8, 4) is 5.69 Å². The van der Waals surface area contributed by atoms with Gasteiger partial charge in [-0.25, -0.2) is 4.39 Å². The summed E-state index contributed by atoms with van der Waals surface area (Å²) in [5.41, 5.74) is 1.92. The lowest BCUT2D eigenvalue weighted by molar-refractivity contribution is 0.520. The molecule has 1 aromatic heterocycles. The highest BCUT2D eigenvalue weighted by Crippen LogP contribution is 2.42. The third-order valence-electron chi connectivity index (χ3n) is 3.70. The molecule has 0 saturated carbocycles. The zero-order valence-corrected chi connectivity index (χ0v) is 13.5. The predicted molar refractivity (Wildman–Crippen MR) is 79.8 cm³/mol. The van der Waals surface area contributed by atoms with E-state index in [0.29, 0.717) is 5.69 Å². The molecule has 0 bridgehead atoms. The second kappa shape index (κ2) is 4.28. The molecule has 1 aromatic carbocycles. The van der Waals surface area contributed by atoms with Gasteiger partial charge in [-0.05, 0) is 38.8 Å². The van der Waals surface area contributed by atoms with Gasteiger partial charge in [-0.15, -0.1) is 10.2 Å². The molecule has 0 fully saturated rings. The van der Waals surface area contributed by atoms with Gasteiger partial charge in [-0.3, -0.25) is 4.57 Å². The number of fused-ring (bicyclic) bond motifs is 3. The molecule has 1 aliphatic heterocycles. The van der Waals surface area contributed by atoms with Crippen LogP contribution in [0, 0.1) is 12.7 Å². The predicted octanol–water partition coefficient (Wildman–Crippen LogP) is 3.70. The highest BCUT2D eigenvalue weighted by molar-refractivity contribution is 9.10. The van der Waals surface area contributed by atoms with Crippen LogP contribution in [0.25, 0.3) is 5.69 Å². The number of nitrogens with one attached hydrogen (secondary N) is 1. The molecule has 1 N–H and O–H groups in total. The molecule has 2 heterocycles. The maximum atomic E-state index is 14.4. The highest BCUT2D eigenvalue weighted by atomic mass is 79.9. The van der Waals surface area contributed by atoms with Gasteiger partial charge in [0.25, 0.3) is 0 Å². The average Bonchev–Trinajstić information content (AvgIpc) is 2.74. The molecule has 20 heavy (non-hydrogen) atoms. The van der Waals surface area contributed by atoms with Crippen molar-refractivity contribution >= 4 is 21.6 Å². The second-order valence-corrected chi connectivity index (χ2v) is 6.41. The van der Waals surface area contributed by atoms with Crippen LogP contribution in [0.15, 0.2) is 10.5 Å². The summed E-state index contributed by atoms with van der Waals surface area (Å²) in [6, 6.07) is 1.52. The van der Waals surface area contributed by atoms with Gasteiger partial charge in [-0.2, -0.15) is 0 Å². The van der Waals surface area contributed by atoms with E-state index in [1.165, 1.54) is 6.07 Å². The van der Waals surface area contributed by atoms with Crippen molar-refractivity contribution in [2.24, 2.45) is 0 Å². The number of aromatic nitrogens is 3. The SMILES string of the molecule is CCc1c(Br)cc(F)c2c1-n1c(C)nnc1C(C)(C)N2. The monoisotopic (exact) mass is 338 g/mol. The average molecular weight is 339 g/mol. The molecule has 2 aromatic rings. The van der Waals surface area contributed by atoms with Gasteiger partial charge in [0.15, 0.2) is 5.82 Å². The fraction of sp³-hybridized carbons (Fsp3) is 0.429. The Morgan fingerprint density at radius 3 is 2.75 bits per heavy atom. The Bertz CT molecular complexity index is 706. The highest BCUT2D eigenvalue weighted by Gasteiger charge is 2.37. The first-order valence-corrected chi connectivity index (χ1v) is 7.38. The van der Waals surface area contributed by atoms with Crippen LogP contribution in [0.3, 0.4) is 0 Å². The molecule has 3 rings (SSSR count). The first-order chi connectivity index (χ1) is 9.36. The Morgan fingerprint density at radius 1 is 1.40 bits per heavy atom. The quantitative estimate of drug-likeness (QED) is 0.862. The topological polar surface area (TPSA) is 42.7 Å². The summed E-state index contributed by atoms with van der Waals surface area (Å²) < 4.78 is 17.1. The Labute approximate surface area is 125 Å². The molecular weight excluding hydrogens is 323 g/mol. The minimum Gasteiger partial charge on any atom is -0.369 e. The van der Waals surface area contributed by atoms with E-state index in [0.717, 1.165) is 33.8 Å². The van der Waals surface area contributed by atoms with E-state index in [9.17, 15) is 4.39 Å². The maximum absolute atomic E-state index is 14.4. The van der Waals surface area contributed by atoms with Crippen LogP contribution < -0.4 is 5.32 Å². The first kappa shape index (κ1) is 13.5. The van der Waals surface area contributed by atoms with E-state index in [-0.39, 0.29) is 5.82 Å². The molecule has 6 heteroatoms. The lowest BCUT2D eigenvalue weighted by Gasteiger charge is -2.35. The number of nitrogens with zero attached hydrogens (tertiary/aromatic N) is 3. The van der Waals surface area contributed by atoms with Crippen LogP contribution in [0.4, 0.5) is 10.1 Å². The summed E-state index contributed by atoms with van der Waals surface area (Å²) in [6.45, 7) is 7.89. The summed E-state index contributed by atoms with van der Waals surface area (Å²) in [4.78, 5) is 0. The third-order valence-corrected chi connectivity index (χ3v) is 4.41. The van der Waals surface area contributed by atoms with Crippen molar-refractivity contribution in [2.75, 3.05) is 5.32 Å². The molecule has 0 saturated heterocycles. The Morgan fingerprint density at radius 2 is 2.10 bits per heavy atom. The molecule has 4 nitrogen and oxygen atoms in total. The van der Waals surface area contributed by atoms with E-state index in [2.05, 4.69) is 38.4 Å². The number of rotatable bonds is 1. The van der Waals surface area contributed by atoms with Crippen LogP contribution in [0.1, 0.15) is 38.0 Å². The van der Waals surface area contributed by atoms with Crippen LogP contribution in [-0.4, -0.2) is 14.8 Å². The molecule has 1 aliphatic rings. The Hall–Kier alpha value is -1.43. The minimum atomic E-state index is -0.464. The van der Waals surface area contributed by atoms with Gasteiger partial charge in [-0.1, -0.05) is 22.9 Å². The van der Waals surface area contributed by atoms with Crippen molar-refractivity contribution in [3.05, 3.63) is 33.6 Å². The normalized spacial score (nSPS) is 15.5. The molecule has 106 valence electrons. The van der Waals surface area contributed by atoms with Crippen LogP contribution in [0.2, 0.25) is 0 Å². The number of hydrogen-bond donors (Lipinski definition) is 1. The van der Waals surface area contributed by atoms with Crippen LogP contribution in [-0.2, 0) is 12.0 Å². The number of anilines is 1. The van der Waals surface area contributed by atoms with Gasteiger partial charge >= 0.3 is 0 Å². The smallest absolute Gasteiger partial charge is 0.162 e. The largest absolute Gasteiger partial charge is 0.369 e. The molecule has 0 spiro atoms. The number of halogens is 2. The fourth-order valence-electron chi connectivity index (χ4n) is 2.75. The molecule has 0 radical (unpaired) electrons. The Balaban J connectivity index is 2.44. The zero-order valence-electron chi connectivity index (χ0n) is 11.9. The van der Waals surface area contributed by atoms with Crippen molar-refractivity contribution in [3.63, 3.8) is 0 Å². The van der Waals surface area contributed by atoms with Crippen LogP contribution in [0.5, 0.6) is 0 Å². The van der Waals surface area contributed by atoms with E-state index in [1.807, 2.05) is 25.3 Å². The van der Waals surface area contributed by atoms with Crippen molar-refractivity contribution in [1.29, 1.82) is 0 Å². The summed E-state index contributed by atoms with van der Waals surface area (Å²) in [5, 5.41) is 11.7. The lowest BCUT2D eigenvalue weighted by Crippen LogP contribution is -2.37. The number of benzene rings is 1. The van der Waals surface area contributed by atoms with E-state index >= 15 is 0 Å². The van der Waals surface area contributed by atoms with E-state index in [4.69, 9.17) is 0 Å². The standard InChI is InChI=1S/C14H16BrFN4/c1-5-8-9(15)6-10(16)11-12(8)20-7(2)18-19-13(20)14(3,4)17-11/h6,17H,5H2,1-4H3. The van der Waals surface area contributed by atoms with Crippen molar-refractivity contribution in [1.82, 2.24) is 14.8 Å². The van der Waals surface area contributed by atoms with E-state index < -0.39 is 5.54 Å². The zero-order chi connectivity index (χ0) is 14.7. The molecule has 0 amide bonds. The number of aryl methyl sites for hydroxylation is 1. The summed E-state index contributed by atoms with van der Waals surface area (Å²) in [7, 11) is 0. The number of hydrogen-bond acceptors (Lipinski definition) is 3. The molecule has 0 aliphatic carbocycles. The first-order valence-electron chi connectivity index (χ1n) is 6.58. The van der Waals surface area contributed by atoms with Gasteiger partial charge in [0.1, 0.15) is 11.6 Å². The molecule has 0 unspecified atom stereocenters. The minimum absolute atomic E-state index is 0.268. The summed E-state index contributed by atoms with van der Waals surface area (Å²) in [6.07, 6.45) is 0.794. The summed E-state index contributed by atoms with van der Waals surface area (Å²) >= 11 is 3.46. The van der Waals surface area contributed by atoms with Gasteiger partial charge in [0.2, 0.25) is 0 Å². The maximum Gasteiger partial charge on any atom is 0.162 e. The Kier molecular flexibility index (Phi) is 2.90. The second-order valence-electron chi connectivity index (χ2n) is 5.55. The van der Waals surface area contributed by atoms with Crippen molar-refractivity contribution in [2.45, 2.75) is 39.7 Å². The lowest BCUT2D eigenvalue weighted by atomic mass is 9.97. The van der Waals surface area contributed by atoms with Crippen LogP contribution >= 0.6 is 15.9 Å². The molecule has 0 atom stereocenters. The van der Waals surface area contributed by atoms with E-state index in [1.54, 1.807) is 0 Å². The van der Waals surface area contributed by atoms with Gasteiger partial charge in [0.05, 0.1) is 16.9 Å². The third kappa shape index (κ3) is 1.70. The summed E-state index contributed by atoms with van der Waals surface area (Å²) in [5.74, 6) is 1.30.